The molecule has 0 bridgehead atoms. The topological polar surface area (TPSA) is 105 Å². The lowest BCUT2D eigenvalue weighted by Gasteiger charge is -2.41. The van der Waals surface area contributed by atoms with Crippen LogP contribution in [0.3, 0.4) is 0 Å². The molecule has 13 heteroatoms. The summed E-state index contributed by atoms with van der Waals surface area (Å²) < 4.78 is 19.8. The summed E-state index contributed by atoms with van der Waals surface area (Å²) in [6.45, 7) is 14.3. The fourth-order valence-corrected chi connectivity index (χ4v) is 10.8. The number of piperazine rings is 1. The highest BCUT2D eigenvalue weighted by Crippen LogP contribution is 2.41. The van der Waals surface area contributed by atoms with Crippen LogP contribution in [0.15, 0.2) is 131 Å². The maximum Gasteiger partial charge on any atom is 0.274 e. The Morgan fingerprint density at radius 3 is 2.38 bits per heavy atom. The smallest absolute Gasteiger partial charge is 0.274 e. The van der Waals surface area contributed by atoms with Crippen LogP contribution >= 0.6 is 23.4 Å². The van der Waals surface area contributed by atoms with E-state index in [1.807, 2.05) is 50.5 Å². The minimum absolute atomic E-state index is 0.0357. The summed E-state index contributed by atoms with van der Waals surface area (Å²) in [5.74, 6) is 0.934. The first kappa shape index (κ1) is 46.3. The third-order valence-corrected chi connectivity index (χ3v) is 14.7. The number of rotatable bonds is 18. The first-order chi connectivity index (χ1) is 30.4. The Bertz CT molecular complexity index is 2400. The molecule has 332 valence electrons. The Morgan fingerprint density at radius 2 is 1.70 bits per heavy atom. The van der Waals surface area contributed by atoms with Crippen LogP contribution in [0.25, 0.3) is 22.4 Å². The summed E-state index contributed by atoms with van der Waals surface area (Å²) in [6.07, 6.45) is 8.23. The van der Waals surface area contributed by atoms with Crippen molar-refractivity contribution in [2.24, 2.45) is 5.92 Å². The van der Waals surface area contributed by atoms with E-state index in [1.54, 1.807) is 17.8 Å². The third-order valence-electron chi connectivity index (χ3n) is 12.1. The average Bonchev–Trinajstić information content (AvgIpc) is 3.53. The van der Waals surface area contributed by atoms with E-state index in [2.05, 4.69) is 118 Å². The second-order valence-electron chi connectivity index (χ2n) is 16.9. The van der Waals surface area contributed by atoms with Gasteiger partial charge in [0, 0.05) is 83.5 Å². The van der Waals surface area contributed by atoms with E-state index in [0.717, 1.165) is 68.6 Å². The van der Waals surface area contributed by atoms with Gasteiger partial charge in [0.25, 0.3) is 5.69 Å². The fourth-order valence-electron chi connectivity index (χ4n) is 8.71. The van der Waals surface area contributed by atoms with E-state index in [9.17, 15) is 14.7 Å². The Kier molecular flexibility index (Phi) is 15.7. The van der Waals surface area contributed by atoms with Gasteiger partial charge in [-0.25, -0.2) is 4.72 Å². The molecule has 2 aliphatic rings. The number of hydrogen-bond donors (Lipinski definition) is 2. The average molecular weight is 907 g/mol. The van der Waals surface area contributed by atoms with Crippen LogP contribution in [0.4, 0.5) is 17.1 Å². The van der Waals surface area contributed by atoms with Crippen molar-refractivity contribution in [1.29, 1.82) is 0 Å². The van der Waals surface area contributed by atoms with Gasteiger partial charge in [-0.3, -0.25) is 15.0 Å². The van der Waals surface area contributed by atoms with Crippen molar-refractivity contribution in [2.45, 2.75) is 69.0 Å². The summed E-state index contributed by atoms with van der Waals surface area (Å²) in [4.78, 5) is 20.1. The van der Waals surface area contributed by atoms with Crippen LogP contribution in [0, 0.1) is 29.9 Å². The number of thioether (sulfide) groups is 1. The highest BCUT2D eigenvalue weighted by molar-refractivity contribution is 7.99. The molecule has 1 aliphatic carbocycles. The molecule has 1 aliphatic heterocycles. The minimum atomic E-state index is -1.76. The number of nitrogens with zero attached hydrogens (tertiary/aromatic N) is 5. The normalized spacial score (nSPS) is 17.7. The quantitative estimate of drug-likeness (QED) is 0.0385. The van der Waals surface area contributed by atoms with Crippen LogP contribution in [0.1, 0.15) is 37.9 Å². The van der Waals surface area contributed by atoms with Gasteiger partial charge < -0.3 is 24.2 Å². The molecule has 4 unspecified atom stereocenters. The molecule has 0 spiro atoms. The monoisotopic (exact) mass is 905 g/mol. The van der Waals surface area contributed by atoms with Gasteiger partial charge >= 0.3 is 0 Å². The van der Waals surface area contributed by atoms with Crippen molar-refractivity contribution < 1.29 is 9.48 Å². The van der Waals surface area contributed by atoms with Crippen LogP contribution in [-0.2, 0) is 17.9 Å². The molecule has 2 N–H and O–H groups in total. The lowest BCUT2D eigenvalue weighted by molar-refractivity contribution is -0.385. The van der Waals surface area contributed by atoms with E-state index in [4.69, 9.17) is 11.6 Å². The van der Waals surface area contributed by atoms with Crippen molar-refractivity contribution >= 4 is 51.8 Å². The number of allylic oxidation sites excluding steroid dienone is 1. The molecule has 2 heterocycles. The Balaban J connectivity index is 1.01. The fraction of sp³-hybridized carbons (Fsp3) is 0.360. The predicted octanol–water partition coefficient (Wildman–Crippen LogP) is 10.8. The molecule has 0 saturated carbocycles. The number of aromatic nitrogens is 1. The van der Waals surface area contributed by atoms with Crippen molar-refractivity contribution in [3.8, 4) is 22.4 Å². The molecule has 0 radical (unpaired) electrons. The Labute approximate surface area is 385 Å². The van der Waals surface area contributed by atoms with Gasteiger partial charge in [-0.05, 0) is 118 Å². The zero-order chi connectivity index (χ0) is 44.6. The van der Waals surface area contributed by atoms with Crippen LogP contribution in [0.2, 0.25) is 5.02 Å². The van der Waals surface area contributed by atoms with E-state index in [1.165, 1.54) is 56.4 Å². The molecule has 63 heavy (non-hydrogen) atoms. The lowest BCUT2D eigenvalue weighted by Crippen LogP contribution is -2.52. The van der Waals surface area contributed by atoms with Gasteiger partial charge in [0.2, 0.25) is 4.90 Å². The largest absolute Gasteiger partial charge is 0.588 e. The zero-order valence-corrected chi connectivity index (χ0v) is 39.6. The summed E-state index contributed by atoms with van der Waals surface area (Å²) >= 11 is 6.32. The molecule has 7 rings (SSSR count). The highest BCUT2D eigenvalue weighted by atomic mass is 35.5. The van der Waals surface area contributed by atoms with Gasteiger partial charge in [0.05, 0.1) is 28.1 Å². The van der Waals surface area contributed by atoms with Crippen LogP contribution in [-0.4, -0.2) is 88.5 Å². The van der Waals surface area contributed by atoms with Crippen molar-refractivity contribution in [1.82, 2.24) is 19.1 Å². The van der Waals surface area contributed by atoms with E-state index in [-0.39, 0.29) is 23.7 Å². The van der Waals surface area contributed by atoms with Crippen molar-refractivity contribution in [2.75, 3.05) is 62.8 Å². The number of nitro groups is 1. The van der Waals surface area contributed by atoms with E-state index in [0.29, 0.717) is 10.6 Å². The summed E-state index contributed by atoms with van der Waals surface area (Å²) in [5.41, 5.74) is 10.0. The van der Waals surface area contributed by atoms with Gasteiger partial charge in [-0.2, -0.15) is 0 Å². The summed E-state index contributed by atoms with van der Waals surface area (Å²) in [6, 6.07) is 32.3. The standard InChI is InChI=1S/C50H60ClN7O3S2/c1-7-25-57-37(4)36(3)49(50(57)38-16-18-40(51)19-17-38)39-12-11-13-43(32-39)55-27-29-56(30-28-55)47-23-20-41(31-35(47)2)53-63(61)48-33-44(58(59)60)21-22-46(48)52-42(24-26-54(5)6)34-62-45-14-9-8-10-15-45/h8-23,31-33,35,42,47,52-53H,7,24-30,34H2,1-6H3. The zero-order valence-electron chi connectivity index (χ0n) is 37.2. The Morgan fingerprint density at radius 1 is 0.952 bits per heavy atom. The highest BCUT2D eigenvalue weighted by Gasteiger charge is 2.30. The number of non-ortho nitro benzene ring substituents is 1. The molecule has 5 aromatic rings. The minimum Gasteiger partial charge on any atom is -0.588 e. The van der Waals surface area contributed by atoms with Gasteiger partial charge in [0.1, 0.15) is 11.4 Å². The molecule has 1 fully saturated rings. The van der Waals surface area contributed by atoms with Crippen molar-refractivity contribution in [3.63, 3.8) is 0 Å². The molecular weight excluding hydrogens is 846 g/mol. The molecule has 1 aromatic heterocycles. The van der Waals surface area contributed by atoms with Crippen LogP contribution < -0.4 is 14.9 Å². The first-order valence-corrected chi connectivity index (χ1v) is 24.4. The molecule has 4 atom stereocenters. The molecule has 4 aromatic carbocycles. The van der Waals surface area contributed by atoms with E-state index >= 15 is 0 Å². The molecule has 0 amide bonds. The van der Waals surface area contributed by atoms with Crippen molar-refractivity contribution in [3.05, 3.63) is 147 Å². The van der Waals surface area contributed by atoms with Gasteiger partial charge in [0.15, 0.2) is 0 Å². The second kappa shape index (κ2) is 21.3. The maximum atomic E-state index is 14.1. The van der Waals surface area contributed by atoms with E-state index < -0.39 is 16.3 Å². The SMILES string of the molecule is CCCn1c(C)c(C)c(-c2cccc(N3CCN(C4C=CC(N[S+]([O-])c5cc([N+](=O)[O-])ccc5NC(CCN(C)C)CSc5ccccc5)=CC4C)CC3)c2)c1-c1ccc(Cl)cc1. The third kappa shape index (κ3) is 11.3. The number of nitro benzene ring substituents is 1. The van der Waals surface area contributed by atoms with Gasteiger partial charge in [-0.15, -0.1) is 11.8 Å². The lowest BCUT2D eigenvalue weighted by atomic mass is 9.93. The maximum absolute atomic E-state index is 14.1. The molecule has 1 saturated heterocycles. The number of halogens is 1. The predicted molar refractivity (Wildman–Crippen MR) is 264 cm³/mol. The first-order valence-electron chi connectivity index (χ1n) is 21.9. The number of benzene rings is 4. The summed E-state index contributed by atoms with van der Waals surface area (Å²) in [7, 11) is 4.09. The number of anilines is 2. The Hall–Kier alpha value is -4.69. The number of hydrogen-bond acceptors (Lipinski definition) is 9. The summed E-state index contributed by atoms with van der Waals surface area (Å²) in [5, 5.41) is 16.2. The molecule has 10 nitrogen and oxygen atoms in total. The molecular formula is C50H60ClN7O3S2. The number of nitrogens with one attached hydrogen (secondary N) is 2. The van der Waals surface area contributed by atoms with Gasteiger partial charge in [-0.1, -0.05) is 80.1 Å². The second-order valence-corrected chi connectivity index (χ2v) is 19.6. The van der Waals surface area contributed by atoms with Crippen LogP contribution in [0.5, 0.6) is 0 Å².